The van der Waals surface area contributed by atoms with Crippen LogP contribution in [0.25, 0.3) is 22.3 Å². The Morgan fingerprint density at radius 3 is 2.22 bits per heavy atom. The third-order valence-electron chi connectivity index (χ3n) is 5.76. The minimum Gasteiger partial charge on any atom is -0.457 e. The fourth-order valence-corrected chi connectivity index (χ4v) is 4.02. The van der Waals surface area contributed by atoms with Crippen LogP contribution < -0.4 is 10.5 Å². The lowest BCUT2D eigenvalue weighted by atomic mass is 10.1. The number of piperidine rings is 1. The van der Waals surface area contributed by atoms with Crippen molar-refractivity contribution in [1.82, 2.24) is 24.6 Å². The van der Waals surface area contributed by atoms with Crippen LogP contribution in [0.3, 0.4) is 0 Å². The summed E-state index contributed by atoms with van der Waals surface area (Å²) in [5.74, 6) is 1.98. The zero-order valence-corrected chi connectivity index (χ0v) is 21.8. The molecule has 5 rings (SSSR count). The number of hydrogen-bond acceptors (Lipinski definition) is 7. The van der Waals surface area contributed by atoms with Gasteiger partial charge in [-0.3, -0.25) is 0 Å². The van der Waals surface area contributed by atoms with Gasteiger partial charge in [-0.1, -0.05) is 18.2 Å². The largest absolute Gasteiger partial charge is 0.457 e. The van der Waals surface area contributed by atoms with Gasteiger partial charge in [-0.2, -0.15) is 5.10 Å². The predicted octanol–water partition coefficient (Wildman–Crippen LogP) is 5.81. The molecule has 0 spiro atoms. The molecule has 2 aromatic carbocycles. The van der Waals surface area contributed by atoms with Gasteiger partial charge in [0.1, 0.15) is 34.9 Å². The zero-order valence-electron chi connectivity index (χ0n) is 21.8. The van der Waals surface area contributed by atoms with Crippen molar-refractivity contribution in [3.05, 3.63) is 60.9 Å². The number of aromatic nitrogens is 4. The molecule has 4 aromatic rings. The molecule has 1 aliphatic rings. The van der Waals surface area contributed by atoms with Gasteiger partial charge in [-0.05, 0) is 76.4 Å². The van der Waals surface area contributed by atoms with Gasteiger partial charge in [-0.25, -0.2) is 19.4 Å². The summed E-state index contributed by atoms with van der Waals surface area (Å²) < 4.78 is 12.8. The first kappa shape index (κ1) is 25.9. The van der Waals surface area contributed by atoms with Crippen molar-refractivity contribution < 1.29 is 14.3 Å². The van der Waals surface area contributed by atoms with Crippen LogP contribution in [0.15, 0.2) is 60.9 Å². The maximum atomic E-state index is 11.5. The van der Waals surface area contributed by atoms with Crippen LogP contribution in [-0.4, -0.2) is 49.4 Å². The van der Waals surface area contributed by atoms with E-state index in [0.29, 0.717) is 11.5 Å². The second kappa shape index (κ2) is 11.3. The average Bonchev–Trinajstić information content (AvgIpc) is 3.23. The van der Waals surface area contributed by atoms with Gasteiger partial charge in [0.25, 0.3) is 0 Å². The number of ether oxygens (including phenoxy) is 2. The van der Waals surface area contributed by atoms with Crippen LogP contribution in [0, 0.1) is 0 Å². The molecular weight excluding hydrogens is 468 g/mol. The first-order valence-electron chi connectivity index (χ1n) is 12.5. The Kier molecular flexibility index (Phi) is 7.91. The number of carbonyl (C=O) groups is 1. The molecule has 9 nitrogen and oxygen atoms in total. The van der Waals surface area contributed by atoms with Crippen molar-refractivity contribution in [3.8, 4) is 22.8 Å². The maximum Gasteiger partial charge on any atom is 0.410 e. The van der Waals surface area contributed by atoms with Crippen molar-refractivity contribution in [1.29, 1.82) is 0 Å². The molecule has 9 heteroatoms. The number of likely N-dealkylation sites (tertiary alicyclic amines) is 1. The second-order valence-corrected chi connectivity index (χ2v) is 9.90. The number of nitrogen functional groups attached to an aromatic ring is 1. The molecule has 0 bridgehead atoms. The van der Waals surface area contributed by atoms with E-state index in [1.54, 1.807) is 9.58 Å². The molecule has 0 unspecified atom stereocenters. The van der Waals surface area contributed by atoms with Gasteiger partial charge in [0.2, 0.25) is 0 Å². The fourth-order valence-electron chi connectivity index (χ4n) is 4.02. The number of anilines is 1. The zero-order chi connectivity index (χ0) is 26.4. The Morgan fingerprint density at radius 1 is 0.919 bits per heavy atom. The van der Waals surface area contributed by atoms with Crippen molar-refractivity contribution in [3.63, 3.8) is 0 Å². The number of hydrogen-bond donors (Lipinski definition) is 1. The van der Waals surface area contributed by atoms with Crippen molar-refractivity contribution in [2.24, 2.45) is 7.05 Å². The molecule has 37 heavy (non-hydrogen) atoms. The molecule has 0 radical (unpaired) electrons. The van der Waals surface area contributed by atoms with Gasteiger partial charge >= 0.3 is 6.09 Å². The second-order valence-electron chi connectivity index (χ2n) is 9.90. The lowest BCUT2D eigenvalue weighted by Crippen LogP contribution is -2.39. The topological polar surface area (TPSA) is 108 Å². The summed E-state index contributed by atoms with van der Waals surface area (Å²) in [5, 5.41) is 5.29. The summed E-state index contributed by atoms with van der Waals surface area (Å²) in [6, 6.07) is 17.4. The summed E-state index contributed by atoms with van der Waals surface area (Å²) in [7, 11) is 1.84. The van der Waals surface area contributed by atoms with E-state index < -0.39 is 0 Å². The lowest BCUT2D eigenvalue weighted by Gasteiger charge is -2.29. The van der Waals surface area contributed by atoms with E-state index in [-0.39, 0.29) is 11.7 Å². The first-order chi connectivity index (χ1) is 17.7. The summed E-state index contributed by atoms with van der Waals surface area (Å²) in [6.45, 7) is 7.41. The van der Waals surface area contributed by atoms with Crippen LogP contribution in [0.5, 0.6) is 11.5 Å². The Labute approximate surface area is 217 Å². The third-order valence-corrected chi connectivity index (χ3v) is 5.76. The Morgan fingerprint density at radius 2 is 1.57 bits per heavy atom. The number of amides is 1. The Balaban J connectivity index is 0.000000209. The van der Waals surface area contributed by atoms with Gasteiger partial charge in [-0.15, -0.1) is 0 Å². The molecule has 0 saturated carbocycles. The smallest absolute Gasteiger partial charge is 0.410 e. The van der Waals surface area contributed by atoms with Crippen LogP contribution in [0.4, 0.5) is 10.6 Å². The van der Waals surface area contributed by atoms with Crippen molar-refractivity contribution in [2.75, 3.05) is 18.8 Å². The minimum absolute atomic E-state index is 0.160. The van der Waals surface area contributed by atoms with Crippen LogP contribution in [0.1, 0.15) is 40.0 Å². The highest BCUT2D eigenvalue weighted by Crippen LogP contribution is 2.31. The SMILES string of the molecule is CC(C)(C)OC(=O)N1CCCCC1.Cn1nc(-c2ccc(Oc3ccccc3)cc2)c2c(N)ncnc21. The quantitative estimate of drug-likeness (QED) is 0.376. The summed E-state index contributed by atoms with van der Waals surface area (Å²) >= 11 is 0. The van der Waals surface area contributed by atoms with Crippen LogP contribution in [-0.2, 0) is 11.8 Å². The van der Waals surface area contributed by atoms with Gasteiger partial charge in [0.15, 0.2) is 5.65 Å². The number of nitrogens with two attached hydrogens (primary N) is 1. The highest BCUT2D eigenvalue weighted by atomic mass is 16.6. The Bertz CT molecular complexity index is 1320. The molecule has 1 saturated heterocycles. The third kappa shape index (κ3) is 6.75. The van der Waals surface area contributed by atoms with Crippen LogP contribution >= 0.6 is 0 Å². The fraction of sp³-hybridized carbons (Fsp3) is 0.357. The van der Waals surface area contributed by atoms with Gasteiger partial charge < -0.3 is 20.1 Å². The minimum atomic E-state index is -0.367. The number of aryl methyl sites for hydroxylation is 1. The molecular formula is C28H34N6O3. The summed E-state index contributed by atoms with van der Waals surface area (Å²) in [5.41, 5.74) is 8.05. The molecule has 0 aliphatic carbocycles. The maximum absolute atomic E-state index is 11.5. The van der Waals surface area contributed by atoms with Crippen LogP contribution in [0.2, 0.25) is 0 Å². The van der Waals surface area contributed by atoms with Gasteiger partial charge in [0.05, 0.1) is 5.39 Å². The average molecular weight is 503 g/mol. The summed E-state index contributed by atoms with van der Waals surface area (Å²) in [6.07, 6.45) is 4.74. The predicted molar refractivity (Wildman–Crippen MR) is 144 cm³/mol. The van der Waals surface area contributed by atoms with E-state index in [9.17, 15) is 4.79 Å². The van der Waals surface area contributed by atoms with E-state index in [0.717, 1.165) is 54.1 Å². The van der Waals surface area contributed by atoms with Crippen molar-refractivity contribution in [2.45, 2.75) is 45.6 Å². The Hall–Kier alpha value is -4.14. The first-order valence-corrected chi connectivity index (χ1v) is 12.5. The molecule has 2 aromatic heterocycles. The molecule has 1 fully saturated rings. The number of fused-ring (bicyclic) bond motifs is 1. The normalized spacial score (nSPS) is 13.6. The van der Waals surface area contributed by atoms with Crippen molar-refractivity contribution >= 4 is 22.9 Å². The monoisotopic (exact) mass is 502 g/mol. The molecule has 1 aliphatic heterocycles. The molecule has 0 atom stereocenters. The molecule has 3 heterocycles. The van der Waals surface area contributed by atoms with E-state index in [2.05, 4.69) is 15.1 Å². The molecule has 2 N–H and O–H groups in total. The van der Waals surface area contributed by atoms with E-state index in [4.69, 9.17) is 15.2 Å². The summed E-state index contributed by atoms with van der Waals surface area (Å²) in [4.78, 5) is 21.6. The number of rotatable bonds is 3. The highest BCUT2D eigenvalue weighted by Gasteiger charge is 2.23. The standard InChI is InChI=1S/C18H15N5O.C10H19NO2/c1-23-18-15(17(19)20-11-21-18)16(22-23)12-7-9-14(10-8-12)24-13-5-3-2-4-6-13;1-10(2,3)13-9(12)11-7-5-4-6-8-11/h2-11H,1H3,(H2,19,20,21);4-8H2,1-3H3. The molecule has 194 valence electrons. The number of nitrogens with zero attached hydrogens (tertiary/aromatic N) is 5. The van der Waals surface area contributed by atoms with E-state index >= 15 is 0 Å². The van der Waals surface area contributed by atoms with E-state index in [1.807, 2.05) is 82.4 Å². The lowest BCUT2D eigenvalue weighted by molar-refractivity contribution is 0.0216. The van der Waals surface area contributed by atoms with E-state index in [1.165, 1.54) is 12.7 Å². The number of para-hydroxylation sites is 1. The highest BCUT2D eigenvalue weighted by molar-refractivity contribution is 5.98. The van der Waals surface area contributed by atoms with Gasteiger partial charge in [0, 0.05) is 25.7 Å². The number of carbonyl (C=O) groups excluding carboxylic acids is 1. The number of benzene rings is 2. The molecule has 1 amide bonds.